The number of rotatable bonds is 4. The summed E-state index contributed by atoms with van der Waals surface area (Å²) in [6.45, 7) is 2.89. The van der Waals surface area contributed by atoms with Crippen LogP contribution in [0.2, 0.25) is 0 Å². The molecule has 0 radical (unpaired) electrons. The molecule has 2 aliphatic rings. The summed E-state index contributed by atoms with van der Waals surface area (Å²) in [6, 6.07) is 12.6. The quantitative estimate of drug-likeness (QED) is 0.916. The van der Waals surface area contributed by atoms with Gasteiger partial charge in [-0.3, -0.25) is 14.7 Å². The van der Waals surface area contributed by atoms with Crippen molar-refractivity contribution in [3.63, 3.8) is 0 Å². The van der Waals surface area contributed by atoms with Gasteiger partial charge in [0.2, 0.25) is 5.91 Å². The van der Waals surface area contributed by atoms with Gasteiger partial charge in [0.25, 0.3) is 0 Å². The Morgan fingerprint density at radius 1 is 1.31 bits per heavy atom. The molecular formula is C20H23N5O. The lowest BCUT2D eigenvalue weighted by Crippen LogP contribution is -2.42. The molecule has 6 nitrogen and oxygen atoms in total. The number of hydrogen-bond donors (Lipinski definition) is 1. The van der Waals surface area contributed by atoms with Gasteiger partial charge in [0, 0.05) is 42.9 Å². The van der Waals surface area contributed by atoms with Gasteiger partial charge < -0.3 is 10.2 Å². The SMILES string of the molecule is N#CC1CCCN1C(=O)CN1CC[C@@H](Nc2ccc3ncccc3c2)C1. The number of carbonyl (C=O) groups excluding carboxylic acids is 1. The Labute approximate surface area is 153 Å². The van der Waals surface area contributed by atoms with Crippen LogP contribution in [-0.4, -0.2) is 59.0 Å². The van der Waals surface area contributed by atoms with Crippen molar-refractivity contribution >= 4 is 22.5 Å². The first-order chi connectivity index (χ1) is 12.7. The third-order valence-electron chi connectivity index (χ3n) is 5.33. The Morgan fingerprint density at radius 2 is 2.23 bits per heavy atom. The lowest BCUT2D eigenvalue weighted by molar-refractivity contribution is -0.132. The van der Waals surface area contributed by atoms with Gasteiger partial charge in [-0.1, -0.05) is 6.07 Å². The fourth-order valence-corrected chi connectivity index (χ4v) is 3.98. The fraction of sp³-hybridized carbons (Fsp3) is 0.450. The van der Waals surface area contributed by atoms with Crippen molar-refractivity contribution in [2.45, 2.75) is 31.3 Å². The molecule has 2 aromatic rings. The summed E-state index contributed by atoms with van der Waals surface area (Å²) in [5, 5.41) is 13.9. The Hall–Kier alpha value is -2.65. The summed E-state index contributed by atoms with van der Waals surface area (Å²) in [7, 11) is 0. The van der Waals surface area contributed by atoms with Gasteiger partial charge in [0.15, 0.2) is 0 Å². The van der Waals surface area contributed by atoms with Crippen molar-refractivity contribution in [2.75, 3.05) is 31.5 Å². The van der Waals surface area contributed by atoms with E-state index in [1.54, 1.807) is 11.1 Å². The Morgan fingerprint density at radius 3 is 3.12 bits per heavy atom. The average molecular weight is 349 g/mol. The zero-order valence-electron chi connectivity index (χ0n) is 14.8. The molecule has 134 valence electrons. The van der Waals surface area contributed by atoms with Gasteiger partial charge in [-0.05, 0) is 43.5 Å². The third kappa shape index (κ3) is 3.49. The van der Waals surface area contributed by atoms with Crippen LogP contribution in [0, 0.1) is 11.3 Å². The normalized spacial score (nSPS) is 23.3. The number of likely N-dealkylation sites (tertiary alicyclic amines) is 2. The van der Waals surface area contributed by atoms with E-state index in [1.807, 2.05) is 12.1 Å². The van der Waals surface area contributed by atoms with Crippen molar-refractivity contribution < 1.29 is 4.79 Å². The molecule has 1 unspecified atom stereocenters. The first kappa shape index (κ1) is 16.8. The van der Waals surface area contributed by atoms with Gasteiger partial charge in [0.05, 0.1) is 18.1 Å². The maximum atomic E-state index is 12.5. The minimum absolute atomic E-state index is 0.0893. The van der Waals surface area contributed by atoms with Crippen molar-refractivity contribution in [1.82, 2.24) is 14.8 Å². The van der Waals surface area contributed by atoms with Gasteiger partial charge in [-0.15, -0.1) is 0 Å². The van der Waals surface area contributed by atoms with E-state index in [1.165, 1.54) is 0 Å². The number of nitrogens with one attached hydrogen (secondary N) is 1. The zero-order valence-corrected chi connectivity index (χ0v) is 14.8. The minimum atomic E-state index is -0.231. The smallest absolute Gasteiger partial charge is 0.237 e. The van der Waals surface area contributed by atoms with Crippen LogP contribution < -0.4 is 5.32 Å². The number of pyridine rings is 1. The van der Waals surface area contributed by atoms with Crippen LogP contribution in [-0.2, 0) is 4.79 Å². The average Bonchev–Trinajstić information content (AvgIpc) is 3.30. The first-order valence-corrected chi connectivity index (χ1v) is 9.26. The summed E-state index contributed by atoms with van der Waals surface area (Å²) in [4.78, 5) is 20.8. The zero-order chi connectivity index (χ0) is 17.9. The maximum absolute atomic E-state index is 12.5. The van der Waals surface area contributed by atoms with E-state index in [0.717, 1.165) is 55.5 Å². The second-order valence-corrected chi connectivity index (χ2v) is 7.15. The van der Waals surface area contributed by atoms with E-state index in [4.69, 9.17) is 5.26 Å². The predicted molar refractivity (Wildman–Crippen MR) is 101 cm³/mol. The summed E-state index contributed by atoms with van der Waals surface area (Å²) >= 11 is 0. The van der Waals surface area contributed by atoms with Gasteiger partial charge in [-0.2, -0.15) is 5.26 Å². The van der Waals surface area contributed by atoms with Crippen LogP contribution in [0.25, 0.3) is 10.9 Å². The van der Waals surface area contributed by atoms with E-state index in [0.29, 0.717) is 12.6 Å². The highest BCUT2D eigenvalue weighted by molar-refractivity contribution is 5.82. The molecule has 6 heteroatoms. The van der Waals surface area contributed by atoms with Crippen molar-refractivity contribution in [1.29, 1.82) is 5.26 Å². The predicted octanol–water partition coefficient (Wildman–Crippen LogP) is 2.24. The molecule has 0 bridgehead atoms. The maximum Gasteiger partial charge on any atom is 0.237 e. The minimum Gasteiger partial charge on any atom is -0.381 e. The number of amides is 1. The molecule has 1 amide bonds. The van der Waals surface area contributed by atoms with Gasteiger partial charge in [0.1, 0.15) is 6.04 Å². The largest absolute Gasteiger partial charge is 0.381 e. The van der Waals surface area contributed by atoms with Crippen molar-refractivity contribution in [3.05, 3.63) is 36.5 Å². The number of hydrogen-bond acceptors (Lipinski definition) is 5. The van der Waals surface area contributed by atoms with Crippen LogP contribution in [0.5, 0.6) is 0 Å². The van der Waals surface area contributed by atoms with Crippen LogP contribution in [0.1, 0.15) is 19.3 Å². The summed E-state index contributed by atoms with van der Waals surface area (Å²) < 4.78 is 0. The molecule has 0 saturated carbocycles. The molecule has 2 fully saturated rings. The van der Waals surface area contributed by atoms with Gasteiger partial charge in [-0.25, -0.2) is 0 Å². The van der Waals surface area contributed by atoms with E-state index >= 15 is 0 Å². The van der Waals surface area contributed by atoms with Crippen LogP contribution in [0.15, 0.2) is 36.5 Å². The lowest BCUT2D eigenvalue weighted by Gasteiger charge is -2.23. The number of nitrogens with zero attached hydrogens (tertiary/aromatic N) is 4. The molecule has 2 saturated heterocycles. The number of nitriles is 1. The fourth-order valence-electron chi connectivity index (χ4n) is 3.98. The molecule has 2 atom stereocenters. The molecule has 1 aromatic heterocycles. The van der Waals surface area contributed by atoms with Crippen LogP contribution >= 0.6 is 0 Å². The standard InChI is InChI=1S/C20H23N5O/c21-12-18-4-2-9-25(18)20(26)14-24-10-7-17(13-24)23-16-5-6-19-15(11-16)3-1-8-22-19/h1,3,5-6,8,11,17-18,23H,2,4,7,9-10,13-14H2/t17-,18?/m1/s1. The number of benzene rings is 1. The molecule has 1 N–H and O–H groups in total. The Bertz CT molecular complexity index is 845. The first-order valence-electron chi connectivity index (χ1n) is 9.26. The summed E-state index contributed by atoms with van der Waals surface area (Å²) in [5.41, 5.74) is 2.09. The Balaban J connectivity index is 1.33. The van der Waals surface area contributed by atoms with E-state index in [2.05, 4.69) is 39.5 Å². The molecule has 0 spiro atoms. The summed E-state index contributed by atoms with van der Waals surface area (Å²) in [6.07, 6.45) is 4.56. The monoisotopic (exact) mass is 349 g/mol. The van der Waals surface area contributed by atoms with Crippen molar-refractivity contribution in [2.24, 2.45) is 0 Å². The van der Waals surface area contributed by atoms with Crippen LogP contribution in [0.3, 0.4) is 0 Å². The third-order valence-corrected chi connectivity index (χ3v) is 5.33. The van der Waals surface area contributed by atoms with E-state index in [9.17, 15) is 4.79 Å². The second kappa shape index (κ2) is 7.30. The number of fused-ring (bicyclic) bond motifs is 1. The van der Waals surface area contributed by atoms with Gasteiger partial charge >= 0.3 is 0 Å². The summed E-state index contributed by atoms with van der Waals surface area (Å²) in [5.74, 6) is 0.0893. The highest BCUT2D eigenvalue weighted by Crippen LogP contribution is 2.21. The molecule has 1 aromatic carbocycles. The highest BCUT2D eigenvalue weighted by Gasteiger charge is 2.31. The second-order valence-electron chi connectivity index (χ2n) is 7.15. The molecule has 4 rings (SSSR count). The number of carbonyl (C=O) groups is 1. The van der Waals surface area contributed by atoms with Crippen LogP contribution in [0.4, 0.5) is 5.69 Å². The molecular weight excluding hydrogens is 326 g/mol. The number of aromatic nitrogens is 1. The highest BCUT2D eigenvalue weighted by atomic mass is 16.2. The molecule has 3 heterocycles. The van der Waals surface area contributed by atoms with E-state index in [-0.39, 0.29) is 11.9 Å². The molecule has 2 aliphatic heterocycles. The number of anilines is 1. The topological polar surface area (TPSA) is 72.3 Å². The molecule has 26 heavy (non-hydrogen) atoms. The van der Waals surface area contributed by atoms with E-state index < -0.39 is 0 Å². The molecule has 0 aliphatic carbocycles. The Kier molecular flexibility index (Phi) is 4.72. The lowest BCUT2D eigenvalue weighted by atomic mass is 10.2. The van der Waals surface area contributed by atoms with Crippen molar-refractivity contribution in [3.8, 4) is 6.07 Å².